The average Bonchev–Trinajstić information content (AvgIpc) is 2.53. The molecule has 0 aliphatic carbocycles. The van der Waals surface area contributed by atoms with E-state index in [1.165, 1.54) is 5.69 Å². The molecule has 2 rings (SSSR count). The maximum absolute atomic E-state index is 4.55. The maximum atomic E-state index is 4.55. The molecule has 0 aliphatic heterocycles. The molecule has 0 aliphatic rings. The molecule has 112 valence electrons. The minimum atomic E-state index is 0.349. The molecule has 0 unspecified atom stereocenters. The summed E-state index contributed by atoms with van der Waals surface area (Å²) in [5.41, 5.74) is 3.47. The van der Waals surface area contributed by atoms with Crippen LogP contribution < -0.4 is 10.2 Å². The fourth-order valence-corrected chi connectivity index (χ4v) is 2.21. The van der Waals surface area contributed by atoms with E-state index in [4.69, 9.17) is 0 Å². The van der Waals surface area contributed by atoms with Crippen LogP contribution in [0.5, 0.6) is 0 Å². The SMILES string of the molecule is CCc1nc(NC[C@@H](C)N(C)c2ccccc2)ncc1C. The molecule has 1 heterocycles. The van der Waals surface area contributed by atoms with Gasteiger partial charge in [0.1, 0.15) is 0 Å². The number of nitrogens with one attached hydrogen (secondary N) is 1. The second kappa shape index (κ2) is 7.07. The predicted molar refractivity (Wildman–Crippen MR) is 88.9 cm³/mol. The second-order valence-corrected chi connectivity index (χ2v) is 5.35. The van der Waals surface area contributed by atoms with E-state index in [1.54, 1.807) is 0 Å². The van der Waals surface area contributed by atoms with Crippen LogP contribution in [0, 0.1) is 6.92 Å². The van der Waals surface area contributed by atoms with Gasteiger partial charge in [0.25, 0.3) is 0 Å². The Morgan fingerprint density at radius 3 is 2.62 bits per heavy atom. The van der Waals surface area contributed by atoms with Gasteiger partial charge in [0.2, 0.25) is 5.95 Å². The number of benzene rings is 1. The number of aryl methyl sites for hydroxylation is 2. The van der Waals surface area contributed by atoms with Gasteiger partial charge in [0.15, 0.2) is 0 Å². The highest BCUT2D eigenvalue weighted by atomic mass is 15.2. The number of nitrogens with zero attached hydrogens (tertiary/aromatic N) is 3. The number of para-hydroxylation sites is 1. The van der Waals surface area contributed by atoms with Gasteiger partial charge in [-0.1, -0.05) is 25.1 Å². The van der Waals surface area contributed by atoms with E-state index in [-0.39, 0.29) is 0 Å². The zero-order valence-electron chi connectivity index (χ0n) is 13.3. The summed E-state index contributed by atoms with van der Waals surface area (Å²) in [6, 6.07) is 10.7. The van der Waals surface area contributed by atoms with Crippen molar-refractivity contribution >= 4 is 11.6 Å². The van der Waals surface area contributed by atoms with Crippen molar-refractivity contribution in [2.24, 2.45) is 0 Å². The molecule has 0 fully saturated rings. The van der Waals surface area contributed by atoms with Crippen molar-refractivity contribution in [1.29, 1.82) is 0 Å². The monoisotopic (exact) mass is 284 g/mol. The fraction of sp³-hybridized carbons (Fsp3) is 0.412. The van der Waals surface area contributed by atoms with Crippen LogP contribution in [0.2, 0.25) is 0 Å². The molecule has 4 heteroatoms. The van der Waals surface area contributed by atoms with Gasteiger partial charge in [-0.05, 0) is 38.0 Å². The number of likely N-dealkylation sites (N-methyl/N-ethyl adjacent to an activating group) is 1. The first-order chi connectivity index (χ1) is 10.1. The summed E-state index contributed by atoms with van der Waals surface area (Å²) < 4.78 is 0. The number of anilines is 2. The molecule has 4 nitrogen and oxygen atoms in total. The standard InChI is InChI=1S/C17H24N4/c1-5-16-13(2)11-18-17(20-16)19-12-14(3)21(4)15-9-7-6-8-10-15/h6-11,14H,5,12H2,1-4H3,(H,18,19,20)/t14-/m1/s1. The van der Waals surface area contributed by atoms with Crippen LogP contribution in [0.25, 0.3) is 0 Å². The van der Waals surface area contributed by atoms with Gasteiger partial charge in [-0.2, -0.15) is 0 Å². The van der Waals surface area contributed by atoms with Crippen LogP contribution in [-0.2, 0) is 6.42 Å². The molecular weight excluding hydrogens is 260 g/mol. The summed E-state index contributed by atoms with van der Waals surface area (Å²) >= 11 is 0. The third-order valence-electron chi connectivity index (χ3n) is 3.79. The van der Waals surface area contributed by atoms with Gasteiger partial charge in [-0.15, -0.1) is 0 Å². The lowest BCUT2D eigenvalue weighted by molar-refractivity contribution is 0.711. The van der Waals surface area contributed by atoms with Crippen molar-refractivity contribution in [2.75, 3.05) is 23.8 Å². The Labute approximate surface area is 127 Å². The van der Waals surface area contributed by atoms with Gasteiger partial charge < -0.3 is 10.2 Å². The Balaban J connectivity index is 1.96. The molecule has 21 heavy (non-hydrogen) atoms. The predicted octanol–water partition coefficient (Wildman–Crippen LogP) is 3.28. The Morgan fingerprint density at radius 2 is 1.95 bits per heavy atom. The summed E-state index contributed by atoms with van der Waals surface area (Å²) in [7, 11) is 2.11. The van der Waals surface area contributed by atoms with E-state index in [0.717, 1.165) is 24.2 Å². The van der Waals surface area contributed by atoms with Gasteiger partial charge in [0.05, 0.1) is 0 Å². The molecule has 2 aromatic rings. The van der Waals surface area contributed by atoms with Crippen LogP contribution in [0.3, 0.4) is 0 Å². The number of aromatic nitrogens is 2. The van der Waals surface area contributed by atoms with Gasteiger partial charge in [-0.3, -0.25) is 0 Å². The molecule has 0 bridgehead atoms. The highest BCUT2D eigenvalue weighted by Crippen LogP contribution is 2.14. The van der Waals surface area contributed by atoms with Crippen molar-refractivity contribution in [2.45, 2.75) is 33.2 Å². The Morgan fingerprint density at radius 1 is 1.24 bits per heavy atom. The Kier molecular flexibility index (Phi) is 5.14. The molecule has 0 radical (unpaired) electrons. The summed E-state index contributed by atoms with van der Waals surface area (Å²) in [4.78, 5) is 11.2. The quantitative estimate of drug-likeness (QED) is 0.884. The molecule has 0 spiro atoms. The Bertz CT molecular complexity index is 568. The first-order valence-electron chi connectivity index (χ1n) is 7.46. The minimum Gasteiger partial charge on any atom is -0.370 e. The van der Waals surface area contributed by atoms with Crippen LogP contribution >= 0.6 is 0 Å². The van der Waals surface area contributed by atoms with Gasteiger partial charge in [-0.25, -0.2) is 9.97 Å². The third kappa shape index (κ3) is 3.94. The summed E-state index contributed by atoms with van der Waals surface area (Å²) in [6.07, 6.45) is 2.82. The third-order valence-corrected chi connectivity index (χ3v) is 3.79. The number of rotatable bonds is 6. The summed E-state index contributed by atoms with van der Waals surface area (Å²) in [5, 5.41) is 3.33. The van der Waals surface area contributed by atoms with E-state index < -0.39 is 0 Å². The highest BCUT2D eigenvalue weighted by Gasteiger charge is 2.10. The van der Waals surface area contributed by atoms with Crippen molar-refractivity contribution in [1.82, 2.24) is 9.97 Å². The zero-order valence-corrected chi connectivity index (χ0v) is 13.3. The van der Waals surface area contributed by atoms with Crippen molar-refractivity contribution in [3.05, 3.63) is 47.8 Å². The lowest BCUT2D eigenvalue weighted by Gasteiger charge is -2.27. The van der Waals surface area contributed by atoms with Crippen LogP contribution in [0.1, 0.15) is 25.1 Å². The first kappa shape index (κ1) is 15.3. The maximum Gasteiger partial charge on any atom is 0.222 e. The zero-order chi connectivity index (χ0) is 15.2. The molecule has 1 aromatic carbocycles. The topological polar surface area (TPSA) is 41.1 Å². The van der Waals surface area contributed by atoms with E-state index in [0.29, 0.717) is 12.0 Å². The average molecular weight is 284 g/mol. The normalized spacial score (nSPS) is 12.0. The van der Waals surface area contributed by atoms with E-state index >= 15 is 0 Å². The lowest BCUT2D eigenvalue weighted by atomic mass is 10.2. The molecule has 1 atom stereocenters. The molecule has 1 N–H and O–H groups in total. The van der Waals surface area contributed by atoms with E-state index in [2.05, 4.69) is 72.3 Å². The molecule has 0 saturated heterocycles. The van der Waals surface area contributed by atoms with Crippen LogP contribution in [-0.4, -0.2) is 29.6 Å². The molecule has 0 amide bonds. The second-order valence-electron chi connectivity index (χ2n) is 5.35. The van der Waals surface area contributed by atoms with E-state index in [9.17, 15) is 0 Å². The largest absolute Gasteiger partial charge is 0.370 e. The van der Waals surface area contributed by atoms with Crippen molar-refractivity contribution < 1.29 is 0 Å². The lowest BCUT2D eigenvalue weighted by Crippen LogP contribution is -2.35. The molecule has 1 aromatic heterocycles. The van der Waals surface area contributed by atoms with Crippen LogP contribution in [0.4, 0.5) is 11.6 Å². The van der Waals surface area contributed by atoms with Crippen molar-refractivity contribution in [3.8, 4) is 0 Å². The van der Waals surface area contributed by atoms with Gasteiger partial charge in [0, 0.05) is 37.2 Å². The Hall–Kier alpha value is -2.10. The van der Waals surface area contributed by atoms with Crippen molar-refractivity contribution in [3.63, 3.8) is 0 Å². The summed E-state index contributed by atoms with van der Waals surface area (Å²) in [5.74, 6) is 0.714. The van der Waals surface area contributed by atoms with E-state index in [1.807, 2.05) is 12.3 Å². The fourth-order valence-electron chi connectivity index (χ4n) is 2.21. The smallest absolute Gasteiger partial charge is 0.222 e. The van der Waals surface area contributed by atoms with Gasteiger partial charge >= 0.3 is 0 Å². The first-order valence-corrected chi connectivity index (χ1v) is 7.46. The van der Waals surface area contributed by atoms with Crippen LogP contribution in [0.15, 0.2) is 36.5 Å². The minimum absolute atomic E-state index is 0.349. The molecule has 0 saturated carbocycles. The summed E-state index contributed by atoms with van der Waals surface area (Å²) in [6.45, 7) is 7.16. The molecular formula is C17H24N4. The number of hydrogen-bond acceptors (Lipinski definition) is 4. The number of hydrogen-bond donors (Lipinski definition) is 1. The highest BCUT2D eigenvalue weighted by molar-refractivity contribution is 5.46.